The molecule has 0 atom stereocenters. The van der Waals surface area contributed by atoms with E-state index in [-0.39, 0.29) is 10.8 Å². The maximum atomic E-state index is 13.3. The van der Waals surface area contributed by atoms with Gasteiger partial charge in [-0.1, -0.05) is 11.6 Å². The van der Waals surface area contributed by atoms with Crippen LogP contribution in [-0.2, 0) is 4.79 Å². The summed E-state index contributed by atoms with van der Waals surface area (Å²) in [6, 6.07) is 2.66. The first kappa shape index (κ1) is 13.8. The molecule has 0 aromatic carbocycles. The van der Waals surface area contributed by atoms with Crippen LogP contribution in [0.1, 0.15) is 5.69 Å². The highest BCUT2D eigenvalue weighted by molar-refractivity contribution is 6.29. The summed E-state index contributed by atoms with van der Waals surface area (Å²) in [6.45, 7) is -1.85. The molecule has 1 aromatic rings. The van der Waals surface area contributed by atoms with E-state index in [4.69, 9.17) is 11.6 Å². The highest BCUT2D eigenvalue weighted by Crippen LogP contribution is 2.19. The van der Waals surface area contributed by atoms with Gasteiger partial charge in [-0.2, -0.15) is 0 Å². The summed E-state index contributed by atoms with van der Waals surface area (Å²) in [5.74, 6) is -1.39. The van der Waals surface area contributed by atoms with Crippen LogP contribution in [0.2, 0.25) is 5.15 Å². The van der Waals surface area contributed by atoms with Crippen molar-refractivity contribution in [2.24, 2.45) is 0 Å². The highest BCUT2D eigenvalue weighted by Gasteiger charge is 2.39. The van der Waals surface area contributed by atoms with E-state index in [0.29, 0.717) is 5.69 Å². The van der Waals surface area contributed by atoms with Crippen LogP contribution in [0, 0.1) is 6.92 Å². The number of rotatable bonds is 4. The number of carbonyl (C=O) groups is 1. The van der Waals surface area contributed by atoms with Crippen molar-refractivity contribution in [3.8, 4) is 0 Å². The van der Waals surface area contributed by atoms with Crippen LogP contribution in [0.3, 0.4) is 0 Å². The molecule has 7 heteroatoms. The Bertz CT molecular complexity index is 404. The van der Waals surface area contributed by atoms with Crippen LogP contribution in [0.5, 0.6) is 0 Å². The smallest absolute Gasteiger partial charge is 0.267 e. The molecule has 17 heavy (non-hydrogen) atoms. The van der Waals surface area contributed by atoms with Crippen LogP contribution in [0.4, 0.5) is 18.9 Å². The molecule has 1 aromatic heterocycles. The van der Waals surface area contributed by atoms with Crippen LogP contribution in [0.25, 0.3) is 0 Å². The van der Waals surface area contributed by atoms with Crippen LogP contribution < -0.4 is 5.32 Å². The summed E-state index contributed by atoms with van der Waals surface area (Å²) < 4.78 is 37.8. The Hall–Kier alpha value is -1.30. The number of hydrogen-bond acceptors (Lipinski definition) is 2. The van der Waals surface area contributed by atoms with Gasteiger partial charge in [-0.25, -0.2) is 18.2 Å². The number of aryl methyl sites for hydroxylation is 1. The zero-order chi connectivity index (χ0) is 13.1. The number of hydrogen-bond donors (Lipinski definition) is 1. The van der Waals surface area contributed by atoms with Gasteiger partial charge >= 0.3 is 0 Å². The molecule has 94 valence electrons. The third kappa shape index (κ3) is 3.33. The molecule has 1 N–H and O–H groups in total. The molecule has 0 radical (unpaired) electrons. The Kier molecular flexibility index (Phi) is 4.34. The summed E-state index contributed by atoms with van der Waals surface area (Å²) in [6.07, 6.45) is 0. The fourth-order valence-electron chi connectivity index (χ4n) is 1.10. The molecular formula is C10H10ClF3N2O. The van der Waals surface area contributed by atoms with Crippen LogP contribution >= 0.6 is 11.6 Å². The van der Waals surface area contributed by atoms with Crippen molar-refractivity contribution >= 4 is 23.2 Å². The lowest BCUT2D eigenvalue weighted by Crippen LogP contribution is -2.43. The van der Waals surface area contributed by atoms with Gasteiger partial charge in [-0.15, -0.1) is 0 Å². The number of anilines is 1. The van der Waals surface area contributed by atoms with Crippen molar-refractivity contribution in [3.05, 3.63) is 23.0 Å². The summed E-state index contributed by atoms with van der Waals surface area (Å²) >= 11 is 5.61. The number of alkyl halides is 3. The zero-order valence-electron chi connectivity index (χ0n) is 8.94. The van der Waals surface area contributed by atoms with Crippen molar-refractivity contribution in [2.45, 2.75) is 12.6 Å². The molecule has 0 unspecified atom stereocenters. The fraction of sp³-hybridized carbons (Fsp3) is 0.400. The first-order chi connectivity index (χ1) is 7.91. The van der Waals surface area contributed by atoms with E-state index in [0.717, 1.165) is 0 Å². The Morgan fingerprint density at radius 3 is 2.53 bits per heavy atom. The summed E-state index contributed by atoms with van der Waals surface area (Å²) in [4.78, 5) is 15.1. The second-order valence-electron chi connectivity index (χ2n) is 3.51. The number of nitrogens with zero attached hydrogens (tertiary/aromatic N) is 1. The highest BCUT2D eigenvalue weighted by atomic mass is 35.5. The molecule has 0 bridgehead atoms. The molecule has 0 aliphatic carbocycles. The van der Waals surface area contributed by atoms with Crippen molar-refractivity contribution in [1.29, 1.82) is 0 Å². The van der Waals surface area contributed by atoms with Gasteiger partial charge < -0.3 is 5.32 Å². The first-order valence-electron chi connectivity index (χ1n) is 4.68. The molecule has 0 saturated heterocycles. The number of carbonyl (C=O) groups excluding carboxylic acids is 1. The van der Waals surface area contributed by atoms with Crippen molar-refractivity contribution < 1.29 is 18.0 Å². The Morgan fingerprint density at radius 1 is 1.47 bits per heavy atom. The Morgan fingerprint density at radius 2 is 2.06 bits per heavy atom. The van der Waals surface area contributed by atoms with Gasteiger partial charge in [0, 0.05) is 11.4 Å². The first-order valence-corrected chi connectivity index (χ1v) is 5.05. The number of pyridine rings is 1. The van der Waals surface area contributed by atoms with Gasteiger partial charge in [0.1, 0.15) is 18.5 Å². The zero-order valence-corrected chi connectivity index (χ0v) is 9.69. The van der Waals surface area contributed by atoms with Gasteiger partial charge in [0.05, 0.1) is 0 Å². The molecule has 1 heterocycles. The monoisotopic (exact) mass is 266 g/mol. The average molecular weight is 267 g/mol. The molecule has 1 rings (SSSR count). The van der Waals surface area contributed by atoms with E-state index in [1.165, 1.54) is 12.1 Å². The van der Waals surface area contributed by atoms with Gasteiger partial charge in [-0.05, 0) is 19.1 Å². The number of nitrogens with one attached hydrogen (secondary N) is 1. The summed E-state index contributed by atoms with van der Waals surface area (Å²) in [7, 11) is 0. The molecule has 0 aliphatic heterocycles. The van der Waals surface area contributed by atoms with E-state index >= 15 is 0 Å². The van der Waals surface area contributed by atoms with Gasteiger partial charge in [0.2, 0.25) is 5.67 Å². The number of amides is 1. The standard InChI is InChI=1S/C10H10ClF3N2O/c1-6-2-7(3-8(11)15-6)16-9(17)10(14,4-12)5-13/h2-3H,4-5H2,1H3,(H,15,16,17). The second-order valence-corrected chi connectivity index (χ2v) is 3.89. The molecule has 0 saturated carbocycles. The molecule has 0 spiro atoms. The number of aromatic nitrogens is 1. The minimum atomic E-state index is -3.16. The predicted octanol–water partition coefficient (Wildman–Crippen LogP) is 2.63. The minimum absolute atomic E-state index is 0.0882. The SMILES string of the molecule is Cc1cc(NC(=O)C(F)(CF)CF)cc(Cl)n1. The summed E-state index contributed by atoms with van der Waals surface area (Å²) in [5.41, 5.74) is -2.54. The van der Waals surface area contributed by atoms with E-state index in [2.05, 4.69) is 4.98 Å². The maximum Gasteiger partial charge on any atom is 0.267 e. The van der Waals surface area contributed by atoms with E-state index < -0.39 is 24.9 Å². The van der Waals surface area contributed by atoms with Crippen molar-refractivity contribution in [2.75, 3.05) is 18.7 Å². The molecule has 1 amide bonds. The fourth-order valence-corrected chi connectivity index (χ4v) is 1.35. The van der Waals surface area contributed by atoms with Gasteiger partial charge in [0.15, 0.2) is 0 Å². The van der Waals surface area contributed by atoms with E-state index in [1.54, 1.807) is 6.92 Å². The van der Waals surface area contributed by atoms with Crippen LogP contribution in [-0.4, -0.2) is 29.9 Å². The topological polar surface area (TPSA) is 42.0 Å². The van der Waals surface area contributed by atoms with Gasteiger partial charge in [0.25, 0.3) is 5.91 Å². The predicted molar refractivity (Wildman–Crippen MR) is 58.4 cm³/mol. The van der Waals surface area contributed by atoms with Crippen molar-refractivity contribution in [1.82, 2.24) is 4.98 Å². The molecular weight excluding hydrogens is 257 g/mol. The average Bonchev–Trinajstić information content (AvgIpc) is 2.26. The third-order valence-electron chi connectivity index (χ3n) is 2.01. The Balaban J connectivity index is 2.87. The quantitative estimate of drug-likeness (QED) is 0.851. The minimum Gasteiger partial charge on any atom is -0.323 e. The Labute approximate surface area is 101 Å². The normalized spacial score (nSPS) is 11.4. The van der Waals surface area contributed by atoms with Crippen LogP contribution in [0.15, 0.2) is 12.1 Å². The maximum absolute atomic E-state index is 13.3. The van der Waals surface area contributed by atoms with E-state index in [9.17, 15) is 18.0 Å². The van der Waals surface area contributed by atoms with E-state index in [1.807, 2.05) is 5.32 Å². The largest absolute Gasteiger partial charge is 0.323 e. The van der Waals surface area contributed by atoms with Crippen molar-refractivity contribution in [3.63, 3.8) is 0 Å². The number of halogens is 4. The summed E-state index contributed by atoms with van der Waals surface area (Å²) in [5, 5.41) is 2.14. The molecule has 0 fully saturated rings. The molecule has 0 aliphatic rings. The third-order valence-corrected chi connectivity index (χ3v) is 2.20. The lowest BCUT2D eigenvalue weighted by atomic mass is 10.1. The lowest BCUT2D eigenvalue weighted by molar-refractivity contribution is -0.129. The second kappa shape index (κ2) is 5.35. The molecule has 3 nitrogen and oxygen atoms in total. The lowest BCUT2D eigenvalue weighted by Gasteiger charge is -2.17. The van der Waals surface area contributed by atoms with Gasteiger partial charge in [-0.3, -0.25) is 4.79 Å².